The Bertz CT molecular complexity index is 2420. The molecule has 11 heteroatoms. The van der Waals surface area contributed by atoms with Gasteiger partial charge in [-0.15, -0.1) is 0 Å². The lowest BCUT2D eigenvalue weighted by atomic mass is 9.98. The first-order valence-corrected chi connectivity index (χ1v) is 21.8. The highest BCUT2D eigenvalue weighted by Crippen LogP contribution is 2.39. The highest BCUT2D eigenvalue weighted by Gasteiger charge is 2.33. The second kappa shape index (κ2) is 20.2. The number of aliphatic hydroxyl groups excluding tert-OH is 1. The van der Waals surface area contributed by atoms with E-state index in [1.54, 1.807) is 24.3 Å². The van der Waals surface area contributed by atoms with Crippen molar-refractivity contribution < 1.29 is 27.8 Å². The molecular formula is C49H52N4O6S. The van der Waals surface area contributed by atoms with Gasteiger partial charge in [-0.3, -0.25) is 9.78 Å². The van der Waals surface area contributed by atoms with Gasteiger partial charge in [0.15, 0.2) is 6.29 Å². The molecule has 10 nitrogen and oxygen atoms in total. The van der Waals surface area contributed by atoms with E-state index in [2.05, 4.69) is 33.0 Å². The van der Waals surface area contributed by atoms with E-state index in [0.717, 1.165) is 63.2 Å². The number of likely N-dealkylation sites (N-methyl/N-ethyl adjacent to an activating group) is 1. The molecule has 1 saturated heterocycles. The molecule has 0 saturated carbocycles. The molecule has 3 N–H and O–H groups in total. The molecule has 6 aromatic rings. The molecule has 1 aromatic heterocycles. The van der Waals surface area contributed by atoms with Gasteiger partial charge >= 0.3 is 0 Å². The average molecular weight is 825 g/mol. The molecule has 60 heavy (non-hydrogen) atoms. The minimum Gasteiger partial charge on any atom is -0.392 e. The largest absolute Gasteiger partial charge is 0.392 e. The van der Waals surface area contributed by atoms with Crippen LogP contribution in [0, 0.1) is 6.92 Å². The Labute approximate surface area is 353 Å². The van der Waals surface area contributed by atoms with Crippen molar-refractivity contribution in [3.05, 3.63) is 191 Å². The van der Waals surface area contributed by atoms with Gasteiger partial charge in [-0.25, -0.2) is 8.42 Å². The fourth-order valence-electron chi connectivity index (χ4n) is 7.37. The summed E-state index contributed by atoms with van der Waals surface area (Å²) < 4.78 is 42.8. The van der Waals surface area contributed by atoms with Crippen molar-refractivity contribution >= 4 is 15.9 Å². The number of sulfonamides is 1. The molecule has 0 spiro atoms. The van der Waals surface area contributed by atoms with Gasteiger partial charge in [0, 0.05) is 49.9 Å². The SMILES string of the molecule is Cc1ccc(S(=O)(=O)NC(Cc2ccccc2)C(=O)NCc2cccc(-c3cccc(C4OC(CN(C)CCc5ccccn5)CC(c5ccc(CO)cc5)O4)c3)c2)cc1. The smallest absolute Gasteiger partial charge is 0.241 e. The number of aromatic nitrogens is 1. The molecule has 310 valence electrons. The molecule has 2 heterocycles. The van der Waals surface area contributed by atoms with Crippen LogP contribution in [-0.2, 0) is 50.3 Å². The van der Waals surface area contributed by atoms with Gasteiger partial charge in [-0.05, 0) is 90.2 Å². The summed E-state index contributed by atoms with van der Waals surface area (Å²) in [5.74, 6) is -0.425. The number of carbonyl (C=O) groups is 1. The molecule has 4 unspecified atom stereocenters. The van der Waals surface area contributed by atoms with Crippen LogP contribution in [0.2, 0.25) is 0 Å². The van der Waals surface area contributed by atoms with E-state index in [4.69, 9.17) is 9.47 Å². The van der Waals surface area contributed by atoms with Gasteiger partial charge in [-0.1, -0.05) is 115 Å². The predicted octanol–water partition coefficient (Wildman–Crippen LogP) is 7.48. The minimum absolute atomic E-state index is 0.0214. The third kappa shape index (κ3) is 11.6. The van der Waals surface area contributed by atoms with Crippen molar-refractivity contribution in [1.29, 1.82) is 0 Å². The summed E-state index contributed by atoms with van der Waals surface area (Å²) in [6, 6.07) is 44.8. The zero-order valence-electron chi connectivity index (χ0n) is 34.0. The zero-order valence-corrected chi connectivity index (χ0v) is 34.8. The molecule has 0 aliphatic carbocycles. The summed E-state index contributed by atoms with van der Waals surface area (Å²) in [5.41, 5.74) is 8.34. The van der Waals surface area contributed by atoms with Gasteiger partial charge in [0.1, 0.15) is 6.04 Å². The number of nitrogens with one attached hydrogen (secondary N) is 2. The Kier molecular flexibility index (Phi) is 14.3. The van der Waals surface area contributed by atoms with Crippen LogP contribution >= 0.6 is 0 Å². The van der Waals surface area contributed by atoms with Crippen LogP contribution in [0.25, 0.3) is 11.1 Å². The Morgan fingerprint density at radius 2 is 1.52 bits per heavy atom. The van der Waals surface area contributed by atoms with Gasteiger partial charge in [0.2, 0.25) is 15.9 Å². The standard InChI is InChI=1S/C49H52N4O6S/c1-35-17-23-45(24-18-35)60(56,57)52-46(29-36-10-4-3-5-11-36)48(55)51-32-38-12-8-13-40(28-38)41-14-9-15-42(30-41)49-58-44(33-53(2)27-25-43-16-6-7-26-50-43)31-47(59-49)39-21-19-37(34-54)20-22-39/h3-24,26,28,30,44,46-47,49,52,54H,25,27,29,31-34H2,1-2H3,(H,51,55). The summed E-state index contributed by atoms with van der Waals surface area (Å²) >= 11 is 0. The van der Waals surface area contributed by atoms with Crippen molar-refractivity contribution in [2.24, 2.45) is 0 Å². The van der Waals surface area contributed by atoms with Crippen LogP contribution in [0.1, 0.15) is 57.9 Å². The first kappa shape index (κ1) is 42.6. The van der Waals surface area contributed by atoms with Crippen molar-refractivity contribution in [2.45, 2.75) is 68.8 Å². The molecule has 0 bridgehead atoms. The summed E-state index contributed by atoms with van der Waals surface area (Å²) in [4.78, 5) is 20.6. The molecule has 1 aliphatic rings. The minimum atomic E-state index is -3.97. The Balaban J connectivity index is 1.05. The van der Waals surface area contributed by atoms with E-state index in [0.29, 0.717) is 13.0 Å². The first-order valence-electron chi connectivity index (χ1n) is 20.3. The molecule has 7 rings (SSSR count). The van der Waals surface area contributed by atoms with E-state index in [-0.39, 0.29) is 36.7 Å². The zero-order chi connectivity index (χ0) is 41.9. The Morgan fingerprint density at radius 3 is 2.25 bits per heavy atom. The number of nitrogens with zero attached hydrogens (tertiary/aromatic N) is 2. The second-order valence-corrected chi connectivity index (χ2v) is 17.1. The highest BCUT2D eigenvalue weighted by molar-refractivity contribution is 7.89. The maximum Gasteiger partial charge on any atom is 0.241 e. The van der Waals surface area contributed by atoms with E-state index in [9.17, 15) is 18.3 Å². The van der Waals surface area contributed by atoms with E-state index in [1.165, 1.54) is 0 Å². The van der Waals surface area contributed by atoms with Crippen LogP contribution < -0.4 is 10.0 Å². The normalized spacial score (nSPS) is 17.3. The van der Waals surface area contributed by atoms with Crippen LogP contribution in [0.3, 0.4) is 0 Å². The summed E-state index contributed by atoms with van der Waals surface area (Å²) in [5, 5.41) is 12.6. The number of carbonyl (C=O) groups excluding carboxylic acids is 1. The summed E-state index contributed by atoms with van der Waals surface area (Å²) in [6.45, 7) is 3.61. The summed E-state index contributed by atoms with van der Waals surface area (Å²) in [6.07, 6.45) is 2.58. The van der Waals surface area contributed by atoms with Gasteiger partial charge < -0.3 is 24.8 Å². The fourth-order valence-corrected chi connectivity index (χ4v) is 8.57. The number of ether oxygens (including phenoxy) is 2. The van der Waals surface area contributed by atoms with Crippen LogP contribution in [0.15, 0.2) is 157 Å². The van der Waals surface area contributed by atoms with Crippen molar-refractivity contribution in [3.63, 3.8) is 0 Å². The number of rotatable bonds is 17. The first-order chi connectivity index (χ1) is 29.1. The lowest BCUT2D eigenvalue weighted by molar-refractivity contribution is -0.252. The molecule has 1 amide bonds. The third-order valence-corrected chi connectivity index (χ3v) is 12.2. The van der Waals surface area contributed by atoms with Crippen LogP contribution in [0.4, 0.5) is 0 Å². The van der Waals surface area contributed by atoms with Gasteiger partial charge in [0.05, 0.1) is 23.7 Å². The highest BCUT2D eigenvalue weighted by atomic mass is 32.2. The number of aryl methyl sites for hydroxylation is 1. The van der Waals surface area contributed by atoms with E-state index >= 15 is 0 Å². The topological polar surface area (TPSA) is 130 Å². The number of pyridine rings is 1. The predicted molar refractivity (Wildman–Crippen MR) is 233 cm³/mol. The van der Waals surface area contributed by atoms with E-state index in [1.807, 2.05) is 128 Å². The van der Waals surface area contributed by atoms with Gasteiger partial charge in [-0.2, -0.15) is 4.72 Å². The molecule has 5 aromatic carbocycles. The lowest BCUT2D eigenvalue weighted by Crippen LogP contribution is -2.47. The maximum absolute atomic E-state index is 13.7. The van der Waals surface area contributed by atoms with Gasteiger partial charge in [0.25, 0.3) is 0 Å². The average Bonchev–Trinajstić information content (AvgIpc) is 3.28. The van der Waals surface area contributed by atoms with Crippen molar-refractivity contribution in [2.75, 3.05) is 20.1 Å². The van der Waals surface area contributed by atoms with Crippen LogP contribution in [0.5, 0.6) is 0 Å². The molecule has 1 fully saturated rings. The van der Waals surface area contributed by atoms with Crippen LogP contribution in [-0.4, -0.2) is 61.6 Å². The quantitative estimate of drug-likeness (QED) is 0.0864. The lowest BCUT2D eigenvalue weighted by Gasteiger charge is -2.38. The molecule has 1 aliphatic heterocycles. The van der Waals surface area contributed by atoms with Crippen molar-refractivity contribution in [3.8, 4) is 11.1 Å². The fraction of sp³-hybridized carbons (Fsp3) is 0.265. The monoisotopic (exact) mass is 824 g/mol. The Hall–Kier alpha value is -5.53. The summed E-state index contributed by atoms with van der Waals surface area (Å²) in [7, 11) is -1.87. The number of hydrogen-bond acceptors (Lipinski definition) is 8. The van der Waals surface area contributed by atoms with Crippen molar-refractivity contribution in [1.82, 2.24) is 19.9 Å². The second-order valence-electron chi connectivity index (χ2n) is 15.4. The molecule has 0 radical (unpaired) electrons. The number of benzene rings is 5. The van der Waals surface area contributed by atoms with E-state index < -0.39 is 28.3 Å². The number of amides is 1. The number of aliphatic hydroxyl groups is 1. The Morgan fingerprint density at radius 1 is 0.800 bits per heavy atom. The third-order valence-electron chi connectivity index (χ3n) is 10.7. The number of hydrogen-bond donors (Lipinski definition) is 3. The maximum atomic E-state index is 13.7. The molecule has 4 atom stereocenters. The molecular weight excluding hydrogens is 773 g/mol.